The maximum atomic E-state index is 12.7. The van der Waals surface area contributed by atoms with E-state index in [1.54, 1.807) is 0 Å². The lowest BCUT2D eigenvalue weighted by molar-refractivity contribution is -0.141. The van der Waals surface area contributed by atoms with Gasteiger partial charge in [0.15, 0.2) is 0 Å². The molecule has 1 unspecified atom stereocenters. The van der Waals surface area contributed by atoms with Crippen LogP contribution in [0, 0.1) is 13.8 Å². The number of carbonyl (C=O) groups excluding carboxylic acids is 2. The molecule has 4 heterocycles. The van der Waals surface area contributed by atoms with Crippen LogP contribution in [0.4, 0.5) is 0 Å². The number of rotatable bonds is 4. The van der Waals surface area contributed by atoms with Gasteiger partial charge in [-0.05, 0) is 61.9 Å². The number of hydrogen-bond acceptors (Lipinski definition) is 5. The van der Waals surface area contributed by atoms with E-state index in [4.69, 9.17) is 4.74 Å². The highest BCUT2D eigenvalue weighted by molar-refractivity contribution is 7.13. The number of pyridine rings is 1. The smallest absolute Gasteiger partial charge is 0.261 e. The zero-order valence-corrected chi connectivity index (χ0v) is 17.1. The number of hydrogen-bond donors (Lipinski definition) is 1. The predicted octanol–water partition coefficient (Wildman–Crippen LogP) is 2.75. The summed E-state index contributed by atoms with van der Waals surface area (Å²) in [6, 6.07) is 3.81. The number of carbonyl (C=O) groups is 2. The van der Waals surface area contributed by atoms with Gasteiger partial charge in [0.25, 0.3) is 11.8 Å². The molecule has 0 saturated carbocycles. The summed E-state index contributed by atoms with van der Waals surface area (Å²) >= 11 is 1.50. The summed E-state index contributed by atoms with van der Waals surface area (Å²) in [5.41, 5.74) is 4.29. The number of aryl methyl sites for hydroxylation is 2. The van der Waals surface area contributed by atoms with E-state index in [0.717, 1.165) is 45.8 Å². The highest BCUT2D eigenvalue weighted by atomic mass is 32.1. The van der Waals surface area contributed by atoms with Gasteiger partial charge >= 0.3 is 0 Å². The maximum Gasteiger partial charge on any atom is 0.261 e. The van der Waals surface area contributed by atoms with Gasteiger partial charge in [0, 0.05) is 43.0 Å². The van der Waals surface area contributed by atoms with Gasteiger partial charge in [0.1, 0.15) is 6.10 Å². The number of fused-ring (bicyclic) bond motifs is 1. The number of amides is 2. The first kappa shape index (κ1) is 19.1. The Morgan fingerprint density at radius 1 is 1.36 bits per heavy atom. The van der Waals surface area contributed by atoms with Gasteiger partial charge in [0.2, 0.25) is 0 Å². The van der Waals surface area contributed by atoms with Crippen LogP contribution < -0.4 is 5.32 Å². The van der Waals surface area contributed by atoms with Crippen LogP contribution in [0.3, 0.4) is 0 Å². The van der Waals surface area contributed by atoms with Crippen molar-refractivity contribution in [2.45, 2.75) is 52.3 Å². The van der Waals surface area contributed by atoms with Crippen LogP contribution in [-0.4, -0.2) is 41.0 Å². The fourth-order valence-electron chi connectivity index (χ4n) is 3.93. The molecule has 2 aliphatic rings. The number of nitrogens with zero attached hydrogens (tertiary/aromatic N) is 2. The summed E-state index contributed by atoms with van der Waals surface area (Å²) in [5.74, 6) is 0.0349. The maximum absolute atomic E-state index is 12.7. The predicted molar refractivity (Wildman–Crippen MR) is 107 cm³/mol. The molecule has 1 N–H and O–H groups in total. The van der Waals surface area contributed by atoms with Gasteiger partial charge in [-0.25, -0.2) is 0 Å². The standard InChI is InChI=1S/C21H25N3O3S/c1-13-5-6-19(28-13)20(25)23-11-17-14(2)22-10-15-12-24(8-7-16(15)17)21(26)18-4-3-9-27-18/h5-6,10,18H,3-4,7-9,11-12H2,1-2H3,(H,23,25). The molecule has 1 atom stereocenters. The molecule has 2 aromatic heterocycles. The van der Waals surface area contributed by atoms with E-state index < -0.39 is 0 Å². The summed E-state index contributed by atoms with van der Waals surface area (Å²) in [6.07, 6.45) is 4.13. The second kappa shape index (κ2) is 8.01. The van der Waals surface area contributed by atoms with Crippen molar-refractivity contribution in [3.8, 4) is 0 Å². The molecule has 2 amide bonds. The summed E-state index contributed by atoms with van der Waals surface area (Å²) in [5, 5.41) is 3.03. The minimum Gasteiger partial charge on any atom is -0.368 e. The average molecular weight is 400 g/mol. The third-order valence-corrected chi connectivity index (χ3v) is 6.50. The molecular formula is C21H25N3O3S. The van der Waals surface area contributed by atoms with Crippen molar-refractivity contribution < 1.29 is 14.3 Å². The van der Waals surface area contributed by atoms with E-state index in [-0.39, 0.29) is 17.9 Å². The third-order valence-electron chi connectivity index (χ3n) is 5.50. The minimum atomic E-state index is -0.284. The van der Waals surface area contributed by atoms with E-state index in [1.165, 1.54) is 16.9 Å². The Labute approximate surface area is 168 Å². The molecule has 0 aliphatic carbocycles. The monoisotopic (exact) mass is 399 g/mol. The van der Waals surface area contributed by atoms with Gasteiger partial charge in [-0.1, -0.05) is 0 Å². The average Bonchev–Trinajstić information content (AvgIpc) is 3.38. The molecule has 7 heteroatoms. The zero-order chi connectivity index (χ0) is 19.7. The number of ether oxygens (including phenoxy) is 1. The lowest BCUT2D eigenvalue weighted by Gasteiger charge is -2.32. The molecule has 28 heavy (non-hydrogen) atoms. The lowest BCUT2D eigenvalue weighted by Crippen LogP contribution is -2.42. The van der Waals surface area contributed by atoms with Crippen molar-refractivity contribution in [2.75, 3.05) is 13.2 Å². The van der Waals surface area contributed by atoms with Crippen LogP contribution >= 0.6 is 11.3 Å². The highest BCUT2D eigenvalue weighted by Gasteiger charge is 2.31. The molecular weight excluding hydrogens is 374 g/mol. The number of aromatic nitrogens is 1. The molecule has 0 aromatic carbocycles. The quantitative estimate of drug-likeness (QED) is 0.858. The summed E-state index contributed by atoms with van der Waals surface area (Å²) in [4.78, 5) is 33.3. The zero-order valence-electron chi connectivity index (χ0n) is 16.3. The van der Waals surface area contributed by atoms with Gasteiger partial charge in [-0.15, -0.1) is 11.3 Å². The lowest BCUT2D eigenvalue weighted by atomic mass is 9.94. The van der Waals surface area contributed by atoms with Crippen molar-refractivity contribution in [1.29, 1.82) is 0 Å². The molecule has 1 saturated heterocycles. The van der Waals surface area contributed by atoms with Crippen molar-refractivity contribution in [2.24, 2.45) is 0 Å². The van der Waals surface area contributed by atoms with E-state index in [2.05, 4.69) is 10.3 Å². The van der Waals surface area contributed by atoms with Gasteiger partial charge in [0.05, 0.1) is 4.88 Å². The Morgan fingerprint density at radius 3 is 2.93 bits per heavy atom. The highest BCUT2D eigenvalue weighted by Crippen LogP contribution is 2.26. The van der Waals surface area contributed by atoms with E-state index in [0.29, 0.717) is 26.2 Å². The van der Waals surface area contributed by atoms with Crippen LogP contribution in [-0.2, 0) is 29.0 Å². The van der Waals surface area contributed by atoms with Crippen LogP contribution in [0.25, 0.3) is 0 Å². The minimum absolute atomic E-state index is 0.0545. The molecule has 0 bridgehead atoms. The first-order chi connectivity index (χ1) is 13.5. The molecule has 0 radical (unpaired) electrons. The third kappa shape index (κ3) is 3.82. The van der Waals surface area contributed by atoms with Gasteiger partial charge in [-0.2, -0.15) is 0 Å². The first-order valence-electron chi connectivity index (χ1n) is 9.74. The van der Waals surface area contributed by atoms with Crippen molar-refractivity contribution in [3.63, 3.8) is 0 Å². The molecule has 1 fully saturated rings. The molecule has 148 valence electrons. The molecule has 4 rings (SSSR count). The van der Waals surface area contributed by atoms with E-state index >= 15 is 0 Å². The fraction of sp³-hybridized carbons (Fsp3) is 0.476. The van der Waals surface area contributed by atoms with Gasteiger partial charge in [-0.3, -0.25) is 14.6 Å². The molecule has 0 spiro atoms. The Morgan fingerprint density at radius 2 is 2.21 bits per heavy atom. The molecule has 2 aliphatic heterocycles. The second-order valence-corrected chi connectivity index (χ2v) is 8.72. The summed E-state index contributed by atoms with van der Waals surface area (Å²) < 4.78 is 5.55. The molecule has 6 nitrogen and oxygen atoms in total. The Bertz CT molecular complexity index is 902. The van der Waals surface area contributed by atoms with Crippen LogP contribution in [0.5, 0.6) is 0 Å². The van der Waals surface area contributed by atoms with Crippen molar-refractivity contribution in [1.82, 2.24) is 15.2 Å². The van der Waals surface area contributed by atoms with Crippen molar-refractivity contribution >= 4 is 23.2 Å². The Kier molecular flexibility index (Phi) is 5.46. The Hall–Kier alpha value is -2.25. The van der Waals surface area contributed by atoms with Crippen LogP contribution in [0.2, 0.25) is 0 Å². The number of thiophene rings is 1. The number of nitrogens with one attached hydrogen (secondary N) is 1. The fourth-order valence-corrected chi connectivity index (χ4v) is 4.72. The first-order valence-corrected chi connectivity index (χ1v) is 10.6. The normalized spacial score (nSPS) is 18.8. The van der Waals surface area contributed by atoms with Crippen LogP contribution in [0.1, 0.15) is 49.8 Å². The van der Waals surface area contributed by atoms with Gasteiger partial charge < -0.3 is 15.0 Å². The Balaban J connectivity index is 1.47. The topological polar surface area (TPSA) is 71.5 Å². The SMILES string of the molecule is Cc1ccc(C(=O)NCc2c(C)ncc3c2CCN(C(=O)C2CCCO2)C3)s1. The second-order valence-electron chi connectivity index (χ2n) is 7.43. The summed E-state index contributed by atoms with van der Waals surface area (Å²) in [7, 11) is 0. The van der Waals surface area contributed by atoms with Crippen molar-refractivity contribution in [3.05, 3.63) is 50.5 Å². The van der Waals surface area contributed by atoms with E-state index in [1.807, 2.05) is 37.1 Å². The van der Waals surface area contributed by atoms with E-state index in [9.17, 15) is 9.59 Å². The summed E-state index contributed by atoms with van der Waals surface area (Å²) in [6.45, 7) is 6.34. The van der Waals surface area contributed by atoms with Crippen LogP contribution in [0.15, 0.2) is 18.3 Å². The largest absolute Gasteiger partial charge is 0.368 e. The molecule has 2 aromatic rings.